The lowest BCUT2D eigenvalue weighted by molar-refractivity contribution is -0.144. The van der Waals surface area contributed by atoms with E-state index in [1.807, 2.05) is 44.2 Å². The molecule has 0 spiro atoms. The molecule has 174 valence electrons. The Morgan fingerprint density at radius 1 is 1.00 bits per heavy atom. The van der Waals surface area contributed by atoms with Gasteiger partial charge in [0.15, 0.2) is 6.10 Å². The van der Waals surface area contributed by atoms with Crippen molar-refractivity contribution in [1.29, 1.82) is 0 Å². The zero-order valence-electron chi connectivity index (χ0n) is 18.4. The first-order chi connectivity index (χ1) is 15.5. The van der Waals surface area contributed by atoms with Crippen LogP contribution >= 0.6 is 11.8 Å². The fraction of sp³-hybridized carbons (Fsp3) is 0.240. The van der Waals surface area contributed by atoms with Crippen LogP contribution in [0.3, 0.4) is 0 Å². The van der Waals surface area contributed by atoms with Gasteiger partial charge in [0.2, 0.25) is 0 Å². The summed E-state index contributed by atoms with van der Waals surface area (Å²) in [6.07, 6.45) is -5.26. The highest BCUT2D eigenvalue weighted by Crippen LogP contribution is 2.35. The molecule has 3 aromatic carbocycles. The second kappa shape index (κ2) is 10.2. The van der Waals surface area contributed by atoms with Gasteiger partial charge in [0.25, 0.3) is 0 Å². The Balaban J connectivity index is 1.63. The van der Waals surface area contributed by atoms with Crippen LogP contribution in [0.2, 0.25) is 0 Å². The summed E-state index contributed by atoms with van der Waals surface area (Å²) in [5, 5.41) is 12.1. The number of anilines is 1. The maximum atomic E-state index is 12.7. The van der Waals surface area contributed by atoms with Crippen molar-refractivity contribution < 1.29 is 27.8 Å². The number of nitrogens with one attached hydrogen (secondary N) is 1. The molecule has 8 heteroatoms. The van der Waals surface area contributed by atoms with Crippen molar-refractivity contribution in [2.75, 3.05) is 5.32 Å². The number of carboxylic acids is 1. The molecule has 1 unspecified atom stereocenters. The Labute approximate surface area is 194 Å². The molecule has 0 bridgehead atoms. The Hall–Kier alpha value is -3.13. The lowest BCUT2D eigenvalue weighted by Gasteiger charge is -2.14. The van der Waals surface area contributed by atoms with E-state index < -0.39 is 23.8 Å². The zero-order chi connectivity index (χ0) is 24.2. The maximum Gasteiger partial charge on any atom is 0.416 e. The average molecular weight is 476 g/mol. The van der Waals surface area contributed by atoms with Gasteiger partial charge in [-0.25, -0.2) is 4.79 Å². The summed E-state index contributed by atoms with van der Waals surface area (Å²) in [7, 11) is 0. The second-order valence-electron chi connectivity index (χ2n) is 7.66. The van der Waals surface area contributed by atoms with Crippen LogP contribution in [0.1, 0.15) is 29.2 Å². The molecule has 3 aromatic rings. The molecular weight excluding hydrogens is 451 g/mol. The van der Waals surface area contributed by atoms with Crippen LogP contribution in [0.4, 0.5) is 18.9 Å². The summed E-state index contributed by atoms with van der Waals surface area (Å²) in [6, 6.07) is 16.5. The SMILES string of the molecule is Cc1cc(CNc2ccc(C(F)(F)F)cc2)ccc1Sc1ccc(OC(C)C(=O)O)cc1C. The molecule has 0 aliphatic rings. The van der Waals surface area contributed by atoms with E-state index in [0.717, 1.165) is 38.6 Å². The summed E-state index contributed by atoms with van der Waals surface area (Å²) >= 11 is 1.60. The van der Waals surface area contributed by atoms with E-state index in [2.05, 4.69) is 5.32 Å². The fourth-order valence-electron chi connectivity index (χ4n) is 3.10. The van der Waals surface area contributed by atoms with Crippen molar-refractivity contribution in [3.63, 3.8) is 0 Å². The number of hydrogen-bond donors (Lipinski definition) is 2. The third-order valence-electron chi connectivity index (χ3n) is 4.98. The molecule has 0 aliphatic carbocycles. The van der Waals surface area contributed by atoms with E-state index in [-0.39, 0.29) is 0 Å². The summed E-state index contributed by atoms with van der Waals surface area (Å²) in [4.78, 5) is 13.1. The number of benzene rings is 3. The number of hydrogen-bond acceptors (Lipinski definition) is 4. The average Bonchev–Trinajstić information content (AvgIpc) is 2.75. The molecule has 0 amide bonds. The van der Waals surface area contributed by atoms with E-state index in [1.54, 1.807) is 17.8 Å². The van der Waals surface area contributed by atoms with E-state index in [9.17, 15) is 18.0 Å². The highest BCUT2D eigenvalue weighted by Gasteiger charge is 2.29. The highest BCUT2D eigenvalue weighted by molar-refractivity contribution is 7.99. The van der Waals surface area contributed by atoms with Crippen molar-refractivity contribution in [3.8, 4) is 5.75 Å². The summed E-state index contributed by atoms with van der Waals surface area (Å²) in [5.74, 6) is -0.511. The molecule has 0 radical (unpaired) electrons. The minimum Gasteiger partial charge on any atom is -0.479 e. The topological polar surface area (TPSA) is 58.6 Å². The Morgan fingerprint density at radius 2 is 1.61 bits per heavy atom. The number of aryl methyl sites for hydroxylation is 2. The molecule has 4 nitrogen and oxygen atoms in total. The molecular formula is C25H24F3NO3S. The normalized spacial score (nSPS) is 12.3. The van der Waals surface area contributed by atoms with Crippen LogP contribution in [0.25, 0.3) is 0 Å². The van der Waals surface area contributed by atoms with Crippen LogP contribution < -0.4 is 10.1 Å². The monoisotopic (exact) mass is 475 g/mol. The van der Waals surface area contributed by atoms with Crippen molar-refractivity contribution in [2.45, 2.75) is 49.4 Å². The molecule has 1 atom stereocenters. The fourth-order valence-corrected chi connectivity index (χ4v) is 4.05. The minimum absolute atomic E-state index is 0.490. The van der Waals surface area contributed by atoms with Gasteiger partial charge in [-0.1, -0.05) is 23.9 Å². The van der Waals surface area contributed by atoms with Gasteiger partial charge in [-0.2, -0.15) is 13.2 Å². The van der Waals surface area contributed by atoms with E-state index >= 15 is 0 Å². The molecule has 3 rings (SSSR count). The lowest BCUT2D eigenvalue weighted by Crippen LogP contribution is -2.22. The van der Waals surface area contributed by atoms with Crippen LogP contribution in [0.5, 0.6) is 5.75 Å². The van der Waals surface area contributed by atoms with Gasteiger partial charge >= 0.3 is 12.1 Å². The van der Waals surface area contributed by atoms with E-state index in [4.69, 9.17) is 9.84 Å². The molecule has 0 fully saturated rings. The standard InChI is InChI=1S/C25H24F3NO3S/c1-15-12-18(14-29-20-7-5-19(6-8-20)25(26,27)28)4-10-22(15)33-23-11-9-21(13-16(23)2)32-17(3)24(30)31/h4-13,17,29H,14H2,1-3H3,(H,30,31). The largest absolute Gasteiger partial charge is 0.479 e. The molecule has 0 aliphatic heterocycles. The first-order valence-corrected chi connectivity index (χ1v) is 11.0. The summed E-state index contributed by atoms with van der Waals surface area (Å²) < 4.78 is 43.5. The van der Waals surface area contributed by atoms with Gasteiger partial charge in [0.1, 0.15) is 5.75 Å². The van der Waals surface area contributed by atoms with Crippen molar-refractivity contribution in [3.05, 3.63) is 82.9 Å². The number of carboxylic acid groups (broad SMARTS) is 1. The number of rotatable bonds is 8. The Morgan fingerprint density at radius 3 is 2.15 bits per heavy atom. The predicted octanol–water partition coefficient (Wildman–Crippen LogP) is 6.94. The summed E-state index contributed by atoms with van der Waals surface area (Å²) in [5.41, 5.74) is 3.01. The first-order valence-electron chi connectivity index (χ1n) is 10.2. The number of ether oxygens (including phenoxy) is 1. The quantitative estimate of drug-likeness (QED) is 0.370. The molecule has 0 heterocycles. The van der Waals surface area contributed by atoms with E-state index in [0.29, 0.717) is 18.0 Å². The minimum atomic E-state index is -4.34. The Kier molecular flexibility index (Phi) is 7.58. The van der Waals surface area contributed by atoms with Gasteiger partial charge in [0, 0.05) is 22.0 Å². The molecule has 33 heavy (non-hydrogen) atoms. The molecule has 2 N–H and O–H groups in total. The smallest absolute Gasteiger partial charge is 0.416 e. The van der Waals surface area contributed by atoms with Crippen molar-refractivity contribution >= 4 is 23.4 Å². The van der Waals surface area contributed by atoms with Gasteiger partial charge in [-0.3, -0.25) is 0 Å². The predicted molar refractivity (Wildman–Crippen MR) is 123 cm³/mol. The Bertz CT molecular complexity index is 1130. The van der Waals surface area contributed by atoms with Crippen molar-refractivity contribution in [2.24, 2.45) is 0 Å². The highest BCUT2D eigenvalue weighted by atomic mass is 32.2. The van der Waals surface area contributed by atoms with E-state index in [1.165, 1.54) is 19.1 Å². The molecule has 0 aromatic heterocycles. The molecule has 0 saturated heterocycles. The van der Waals surface area contributed by atoms with Crippen LogP contribution in [0.15, 0.2) is 70.5 Å². The molecule has 0 saturated carbocycles. The van der Waals surface area contributed by atoms with Crippen LogP contribution in [0, 0.1) is 13.8 Å². The lowest BCUT2D eigenvalue weighted by atomic mass is 10.1. The second-order valence-corrected chi connectivity index (χ2v) is 8.74. The third kappa shape index (κ3) is 6.68. The van der Waals surface area contributed by atoms with Gasteiger partial charge in [-0.05, 0) is 86.0 Å². The third-order valence-corrected chi connectivity index (χ3v) is 6.33. The number of halogens is 3. The summed E-state index contributed by atoms with van der Waals surface area (Å²) in [6.45, 7) is 5.92. The van der Waals surface area contributed by atoms with Gasteiger partial charge in [-0.15, -0.1) is 0 Å². The number of alkyl halides is 3. The maximum absolute atomic E-state index is 12.7. The van der Waals surface area contributed by atoms with Gasteiger partial charge < -0.3 is 15.2 Å². The van der Waals surface area contributed by atoms with Crippen molar-refractivity contribution in [1.82, 2.24) is 0 Å². The number of aliphatic carboxylic acids is 1. The van der Waals surface area contributed by atoms with Crippen LogP contribution in [-0.4, -0.2) is 17.2 Å². The zero-order valence-corrected chi connectivity index (χ0v) is 19.2. The van der Waals surface area contributed by atoms with Gasteiger partial charge in [0.05, 0.1) is 5.56 Å². The van der Waals surface area contributed by atoms with Crippen LogP contribution in [-0.2, 0) is 17.5 Å². The number of carbonyl (C=O) groups is 1. The first kappa shape index (κ1) is 24.5.